The fraction of sp³-hybridized carbons (Fsp3) is 0.296. The van der Waals surface area contributed by atoms with Crippen LogP contribution in [0.2, 0.25) is 0 Å². The Labute approximate surface area is 211 Å². The van der Waals surface area contributed by atoms with Crippen molar-refractivity contribution in [3.05, 3.63) is 88.5 Å². The fourth-order valence-corrected chi connectivity index (χ4v) is 5.78. The van der Waals surface area contributed by atoms with Gasteiger partial charge in [-0.25, -0.2) is 17.8 Å². The molecule has 9 heteroatoms. The Hall–Kier alpha value is -3.56. The van der Waals surface area contributed by atoms with Crippen molar-refractivity contribution >= 4 is 27.0 Å². The fourth-order valence-electron chi connectivity index (χ4n) is 4.53. The third kappa shape index (κ3) is 5.03. The molecule has 0 amide bonds. The van der Waals surface area contributed by atoms with Gasteiger partial charge in [-0.05, 0) is 59.9 Å². The van der Waals surface area contributed by atoms with Crippen LogP contribution in [0.5, 0.6) is 0 Å². The maximum atomic E-state index is 13.0. The molecule has 0 saturated carbocycles. The molecule has 2 atom stereocenters. The molecule has 0 radical (unpaired) electrons. The van der Waals surface area contributed by atoms with Crippen molar-refractivity contribution in [2.24, 2.45) is 13.0 Å². The van der Waals surface area contributed by atoms with E-state index in [4.69, 9.17) is 4.74 Å². The van der Waals surface area contributed by atoms with Gasteiger partial charge in [0, 0.05) is 19.5 Å². The first-order valence-corrected chi connectivity index (χ1v) is 13.1. The van der Waals surface area contributed by atoms with Crippen molar-refractivity contribution in [2.75, 3.05) is 7.11 Å². The maximum Gasteiger partial charge on any atom is 0.309 e. The molecule has 1 N–H and O–H groups in total. The Kier molecular flexibility index (Phi) is 7.23. The van der Waals surface area contributed by atoms with Crippen molar-refractivity contribution in [1.29, 1.82) is 0 Å². The van der Waals surface area contributed by atoms with Crippen LogP contribution in [-0.4, -0.2) is 36.5 Å². The lowest BCUT2D eigenvalue weighted by Gasteiger charge is -2.24. The number of nitrogens with one attached hydrogen (secondary N) is 1. The number of aromatic nitrogens is 3. The summed E-state index contributed by atoms with van der Waals surface area (Å²) in [7, 11) is -0.484. The van der Waals surface area contributed by atoms with Crippen molar-refractivity contribution in [3.63, 3.8) is 0 Å². The number of hydrogen-bond donors (Lipinski definition) is 1. The first-order chi connectivity index (χ1) is 17.1. The summed E-state index contributed by atoms with van der Waals surface area (Å²) in [5, 5.41) is 8.30. The van der Waals surface area contributed by atoms with Crippen LogP contribution < -0.4 is 4.72 Å². The van der Waals surface area contributed by atoms with Crippen molar-refractivity contribution in [3.8, 4) is 0 Å². The first-order valence-electron chi connectivity index (χ1n) is 11.6. The van der Waals surface area contributed by atoms with Crippen LogP contribution >= 0.6 is 0 Å². The van der Waals surface area contributed by atoms with Gasteiger partial charge in [0.25, 0.3) is 0 Å². The number of methoxy groups -OCH3 is 1. The molecule has 0 aliphatic heterocycles. The molecule has 0 bridgehead atoms. The van der Waals surface area contributed by atoms with Gasteiger partial charge in [-0.3, -0.25) is 4.79 Å². The molecule has 0 fully saturated rings. The highest BCUT2D eigenvalue weighted by atomic mass is 32.2. The van der Waals surface area contributed by atoms with Crippen molar-refractivity contribution in [2.45, 2.75) is 38.1 Å². The average Bonchev–Trinajstić information content (AvgIpc) is 3.23. The number of rotatable bonds is 8. The molecule has 2 unspecified atom stereocenters. The Balaban J connectivity index is 1.71. The lowest BCUT2D eigenvalue weighted by molar-refractivity contribution is -0.145. The molecule has 8 nitrogen and oxygen atoms in total. The number of sulfonamides is 1. The molecule has 0 aliphatic carbocycles. The SMILES string of the molecule is COC(=O)C(C)C(c1ccc(C)c(CNS(=O)(=O)c2ccccc2C)c1)c1ccc2c(c1)nnn2C. The third-order valence-corrected chi connectivity index (χ3v) is 8.20. The van der Waals surface area contributed by atoms with Gasteiger partial charge in [0.05, 0.1) is 23.4 Å². The van der Waals surface area contributed by atoms with Crippen LogP contribution in [0.4, 0.5) is 0 Å². The number of carbonyl (C=O) groups excluding carboxylic acids is 1. The largest absolute Gasteiger partial charge is 0.469 e. The monoisotopic (exact) mass is 506 g/mol. The number of ether oxygens (including phenoxy) is 1. The molecule has 0 spiro atoms. The van der Waals surface area contributed by atoms with Gasteiger partial charge in [-0.15, -0.1) is 5.10 Å². The van der Waals surface area contributed by atoms with Crippen molar-refractivity contribution < 1.29 is 17.9 Å². The van der Waals surface area contributed by atoms with Gasteiger partial charge < -0.3 is 4.74 Å². The maximum absolute atomic E-state index is 13.0. The number of carbonyl (C=O) groups is 1. The molecular weight excluding hydrogens is 476 g/mol. The van der Waals surface area contributed by atoms with Crippen molar-refractivity contribution in [1.82, 2.24) is 19.7 Å². The summed E-state index contributed by atoms with van der Waals surface area (Å²) in [6.45, 7) is 5.66. The number of hydrogen-bond acceptors (Lipinski definition) is 6. The first kappa shape index (κ1) is 25.5. The Morgan fingerprint density at radius 1 is 1.03 bits per heavy atom. The molecule has 36 heavy (non-hydrogen) atoms. The lowest BCUT2D eigenvalue weighted by Crippen LogP contribution is -2.25. The van der Waals surface area contributed by atoms with E-state index in [9.17, 15) is 13.2 Å². The van der Waals surface area contributed by atoms with Crippen LogP contribution in [0.25, 0.3) is 11.0 Å². The molecule has 1 aromatic heterocycles. The molecule has 188 valence electrons. The Morgan fingerprint density at radius 2 is 1.72 bits per heavy atom. The predicted octanol–water partition coefficient (Wildman–Crippen LogP) is 4.00. The van der Waals surface area contributed by atoms with E-state index in [2.05, 4.69) is 15.0 Å². The van der Waals surface area contributed by atoms with E-state index >= 15 is 0 Å². The second kappa shape index (κ2) is 10.2. The summed E-state index contributed by atoms with van der Waals surface area (Å²) in [5.74, 6) is -1.14. The quantitative estimate of drug-likeness (QED) is 0.362. The summed E-state index contributed by atoms with van der Waals surface area (Å²) >= 11 is 0. The highest BCUT2D eigenvalue weighted by Crippen LogP contribution is 2.35. The number of esters is 1. The molecule has 0 saturated heterocycles. The minimum Gasteiger partial charge on any atom is -0.469 e. The predicted molar refractivity (Wildman–Crippen MR) is 138 cm³/mol. The summed E-state index contributed by atoms with van der Waals surface area (Å²) in [6.07, 6.45) is 0. The zero-order valence-corrected chi connectivity index (χ0v) is 21.8. The van der Waals surface area contributed by atoms with Gasteiger partial charge in [-0.1, -0.05) is 54.6 Å². The average molecular weight is 507 g/mol. The molecule has 0 aliphatic rings. The second-order valence-electron chi connectivity index (χ2n) is 9.03. The van der Waals surface area contributed by atoms with Crippen LogP contribution in [0.3, 0.4) is 0 Å². The highest BCUT2D eigenvalue weighted by molar-refractivity contribution is 7.89. The molecular formula is C27H30N4O4S. The number of nitrogens with zero attached hydrogens (tertiary/aromatic N) is 3. The zero-order chi connectivity index (χ0) is 26.0. The van der Waals surface area contributed by atoms with E-state index in [1.807, 2.05) is 63.4 Å². The molecule has 3 aromatic carbocycles. The molecule has 4 rings (SSSR count). The standard InChI is InChI=1S/C27H30N4O4S/c1-17-10-11-20(14-22(17)16-28-36(33,34)25-9-7-6-8-18(25)2)26(19(3)27(32)35-5)21-12-13-24-23(15-21)29-30-31(24)4/h6-15,19,26,28H,16H2,1-5H3. The van der Waals surface area contributed by atoms with Gasteiger partial charge >= 0.3 is 5.97 Å². The van der Waals surface area contributed by atoms with Crippen LogP contribution in [0, 0.1) is 19.8 Å². The van der Waals surface area contributed by atoms with E-state index in [1.165, 1.54) is 7.11 Å². The summed E-state index contributed by atoms with van der Waals surface area (Å²) < 4.78 is 35.4. The van der Waals surface area contributed by atoms with Crippen LogP contribution in [0.1, 0.15) is 40.7 Å². The van der Waals surface area contributed by atoms with Gasteiger partial charge in [-0.2, -0.15) is 0 Å². The van der Waals surface area contributed by atoms with E-state index in [0.29, 0.717) is 5.56 Å². The molecule has 4 aromatic rings. The normalized spacial score (nSPS) is 13.5. The molecule has 1 heterocycles. The Bertz CT molecular complexity index is 1530. The smallest absolute Gasteiger partial charge is 0.309 e. The topological polar surface area (TPSA) is 103 Å². The highest BCUT2D eigenvalue weighted by Gasteiger charge is 2.29. The van der Waals surface area contributed by atoms with Gasteiger partial charge in [0.1, 0.15) is 5.52 Å². The minimum absolute atomic E-state index is 0.124. The summed E-state index contributed by atoms with van der Waals surface area (Å²) in [5.41, 5.74) is 5.85. The third-order valence-electron chi connectivity index (χ3n) is 6.63. The number of benzene rings is 3. The zero-order valence-electron chi connectivity index (χ0n) is 21.0. The lowest BCUT2D eigenvalue weighted by atomic mass is 9.80. The van der Waals surface area contributed by atoms with Gasteiger partial charge in [0.15, 0.2) is 0 Å². The number of aryl methyl sites for hydroxylation is 3. The van der Waals surface area contributed by atoms with E-state index in [-0.39, 0.29) is 23.3 Å². The van der Waals surface area contributed by atoms with Gasteiger partial charge in [0.2, 0.25) is 10.0 Å². The number of fused-ring (bicyclic) bond motifs is 1. The van der Waals surface area contributed by atoms with E-state index in [0.717, 1.165) is 33.3 Å². The Morgan fingerprint density at radius 3 is 2.44 bits per heavy atom. The minimum atomic E-state index is -3.69. The summed E-state index contributed by atoms with van der Waals surface area (Å²) in [4.78, 5) is 12.9. The van der Waals surface area contributed by atoms with E-state index < -0.39 is 15.9 Å². The summed E-state index contributed by atoms with van der Waals surface area (Å²) in [6, 6.07) is 18.6. The van der Waals surface area contributed by atoms with Crippen LogP contribution in [-0.2, 0) is 33.1 Å². The second-order valence-corrected chi connectivity index (χ2v) is 10.8. The van der Waals surface area contributed by atoms with E-state index in [1.54, 1.807) is 29.8 Å². The van der Waals surface area contributed by atoms with Crippen LogP contribution in [0.15, 0.2) is 65.6 Å².